The number of carbonyl (C=O) groups excluding carboxylic acids is 1. The molecule has 1 aliphatic heterocycles. The molecule has 1 fully saturated rings. The standard InChI is InChI=1S/C42H48N4O5.ClH/c1-4-31-16-19-33(20-17-31)43(2)38-29-32(42(49)35-30-46(23-9-15-41(47)48)36-12-6-5-11-34(35)36)18-21-40(38)51-28-10-22-44-24-26-45(27-25-44)37-13-7-8-14-39(37)50-3;/h5-8,11-14,16-21,29-30H,4,9-10,15,22-28H2,1-3H3,(H,47,48);1H. The number of ether oxygens (including phenoxy) is 2. The molecule has 4 aromatic carbocycles. The number of aliphatic carboxylic acids is 1. The van der Waals surface area contributed by atoms with Crippen molar-refractivity contribution in [3.8, 4) is 11.5 Å². The van der Waals surface area contributed by atoms with Gasteiger partial charge in [0.05, 0.1) is 25.1 Å². The molecule has 0 atom stereocenters. The zero-order valence-corrected chi connectivity index (χ0v) is 31.1. The highest BCUT2D eigenvalue weighted by atomic mass is 35.5. The molecule has 0 aliphatic carbocycles. The van der Waals surface area contributed by atoms with Gasteiger partial charge in [0.2, 0.25) is 0 Å². The minimum atomic E-state index is -0.825. The van der Waals surface area contributed by atoms with Gasteiger partial charge in [-0.3, -0.25) is 14.5 Å². The summed E-state index contributed by atoms with van der Waals surface area (Å²) in [6.45, 7) is 8.01. The predicted octanol–water partition coefficient (Wildman–Crippen LogP) is 8.09. The number of anilines is 3. The summed E-state index contributed by atoms with van der Waals surface area (Å²) in [4.78, 5) is 32.3. The summed E-state index contributed by atoms with van der Waals surface area (Å²) in [6.07, 6.45) is 4.26. The summed E-state index contributed by atoms with van der Waals surface area (Å²) in [5.74, 6) is 0.728. The fourth-order valence-electron chi connectivity index (χ4n) is 6.88. The number of para-hydroxylation sites is 3. The van der Waals surface area contributed by atoms with Gasteiger partial charge >= 0.3 is 5.97 Å². The lowest BCUT2D eigenvalue weighted by atomic mass is 10.0. The Hall–Kier alpha value is -4.99. The number of carboxylic acid groups (broad SMARTS) is 1. The normalized spacial score (nSPS) is 13.1. The van der Waals surface area contributed by atoms with Crippen LogP contribution in [0.4, 0.5) is 17.1 Å². The van der Waals surface area contributed by atoms with Gasteiger partial charge in [-0.2, -0.15) is 0 Å². The summed E-state index contributed by atoms with van der Waals surface area (Å²) < 4.78 is 14.0. The number of carboxylic acids is 1. The molecule has 10 heteroatoms. The third-order valence-electron chi connectivity index (χ3n) is 9.81. The van der Waals surface area contributed by atoms with Crippen LogP contribution in [0.5, 0.6) is 11.5 Å². The molecule has 5 aromatic rings. The summed E-state index contributed by atoms with van der Waals surface area (Å²) in [5, 5.41) is 10.0. The van der Waals surface area contributed by atoms with E-state index < -0.39 is 5.97 Å². The zero-order chi connectivity index (χ0) is 35.7. The second kappa shape index (κ2) is 18.0. The summed E-state index contributed by atoms with van der Waals surface area (Å²) in [6, 6.07) is 30.2. The summed E-state index contributed by atoms with van der Waals surface area (Å²) in [5.41, 5.74) is 6.31. The SMILES string of the molecule is CCc1ccc(N(C)c2cc(C(=O)c3cn(CCCC(=O)O)c4ccccc34)ccc2OCCCN2CCN(c3ccccc3OC)CC2)cc1.Cl. The molecular formula is C42H49ClN4O5. The maximum atomic E-state index is 14.2. The molecule has 0 spiro atoms. The van der Waals surface area contributed by atoms with Crippen LogP contribution in [-0.4, -0.2) is 79.8 Å². The van der Waals surface area contributed by atoms with Crippen molar-refractivity contribution < 1.29 is 24.2 Å². The number of carbonyl (C=O) groups is 2. The average Bonchev–Trinajstić information content (AvgIpc) is 3.54. The number of ketones is 1. The van der Waals surface area contributed by atoms with E-state index in [-0.39, 0.29) is 24.6 Å². The molecule has 52 heavy (non-hydrogen) atoms. The lowest BCUT2D eigenvalue weighted by Crippen LogP contribution is -2.46. The van der Waals surface area contributed by atoms with Crippen LogP contribution in [0.1, 0.15) is 47.7 Å². The molecule has 1 aliphatic rings. The van der Waals surface area contributed by atoms with Gasteiger partial charge in [0.25, 0.3) is 0 Å². The fourth-order valence-corrected chi connectivity index (χ4v) is 6.88. The van der Waals surface area contributed by atoms with Crippen molar-refractivity contribution in [2.45, 2.75) is 39.2 Å². The van der Waals surface area contributed by atoms with Gasteiger partial charge in [-0.1, -0.05) is 49.4 Å². The van der Waals surface area contributed by atoms with Crippen LogP contribution < -0.4 is 19.3 Å². The van der Waals surface area contributed by atoms with Crippen molar-refractivity contribution in [1.29, 1.82) is 0 Å². The van der Waals surface area contributed by atoms with E-state index in [2.05, 4.69) is 58.0 Å². The molecule has 1 saturated heterocycles. The van der Waals surface area contributed by atoms with Crippen LogP contribution in [0.15, 0.2) is 97.2 Å². The van der Waals surface area contributed by atoms with E-state index in [1.54, 1.807) is 7.11 Å². The Kier molecular flexibility index (Phi) is 13.2. The molecule has 0 unspecified atom stereocenters. The minimum Gasteiger partial charge on any atom is -0.495 e. The molecule has 0 bridgehead atoms. The Labute approximate surface area is 312 Å². The number of aryl methyl sites for hydroxylation is 2. The fraction of sp³-hybridized carbons (Fsp3) is 0.333. The maximum Gasteiger partial charge on any atom is 0.303 e. The molecule has 1 N–H and O–H groups in total. The lowest BCUT2D eigenvalue weighted by Gasteiger charge is -2.36. The second-order valence-electron chi connectivity index (χ2n) is 13.0. The number of hydrogen-bond donors (Lipinski definition) is 1. The van der Waals surface area contributed by atoms with Gasteiger partial charge in [-0.15, -0.1) is 12.4 Å². The van der Waals surface area contributed by atoms with Crippen molar-refractivity contribution in [3.63, 3.8) is 0 Å². The Morgan fingerprint density at radius 1 is 0.846 bits per heavy atom. The second-order valence-corrected chi connectivity index (χ2v) is 13.0. The molecule has 9 nitrogen and oxygen atoms in total. The number of piperazine rings is 1. The quantitative estimate of drug-likeness (QED) is 0.0808. The molecular weight excluding hydrogens is 676 g/mol. The largest absolute Gasteiger partial charge is 0.495 e. The van der Waals surface area contributed by atoms with E-state index >= 15 is 0 Å². The third kappa shape index (κ3) is 8.89. The smallest absolute Gasteiger partial charge is 0.303 e. The van der Waals surface area contributed by atoms with Gasteiger partial charge in [-0.25, -0.2) is 0 Å². The van der Waals surface area contributed by atoms with E-state index in [0.29, 0.717) is 30.7 Å². The monoisotopic (exact) mass is 724 g/mol. The van der Waals surface area contributed by atoms with Gasteiger partial charge < -0.3 is 28.9 Å². The molecule has 274 valence electrons. The number of rotatable bonds is 16. The predicted molar refractivity (Wildman–Crippen MR) is 212 cm³/mol. The first-order chi connectivity index (χ1) is 24.9. The van der Waals surface area contributed by atoms with Gasteiger partial charge in [0.15, 0.2) is 5.78 Å². The van der Waals surface area contributed by atoms with Crippen LogP contribution in [0.25, 0.3) is 10.9 Å². The Morgan fingerprint density at radius 3 is 2.31 bits per heavy atom. The molecule has 6 rings (SSSR count). The van der Waals surface area contributed by atoms with Gasteiger partial charge in [-0.05, 0) is 73.4 Å². The number of hydrogen-bond acceptors (Lipinski definition) is 7. The highest BCUT2D eigenvalue weighted by molar-refractivity contribution is 6.17. The number of fused-ring (bicyclic) bond motifs is 1. The number of methoxy groups -OCH3 is 1. The van der Waals surface area contributed by atoms with Crippen LogP contribution >= 0.6 is 12.4 Å². The lowest BCUT2D eigenvalue weighted by molar-refractivity contribution is -0.137. The minimum absolute atomic E-state index is 0. The van der Waals surface area contributed by atoms with Crippen LogP contribution in [0, 0.1) is 0 Å². The number of halogens is 1. The summed E-state index contributed by atoms with van der Waals surface area (Å²) in [7, 11) is 3.73. The molecule has 0 radical (unpaired) electrons. The van der Waals surface area contributed by atoms with Crippen molar-refractivity contribution in [1.82, 2.24) is 9.47 Å². The molecule has 1 aromatic heterocycles. The van der Waals surface area contributed by atoms with Crippen LogP contribution in [0.3, 0.4) is 0 Å². The summed E-state index contributed by atoms with van der Waals surface area (Å²) >= 11 is 0. The Bertz CT molecular complexity index is 1950. The van der Waals surface area contributed by atoms with E-state index in [4.69, 9.17) is 14.6 Å². The third-order valence-corrected chi connectivity index (χ3v) is 9.81. The highest BCUT2D eigenvalue weighted by Gasteiger charge is 2.22. The highest BCUT2D eigenvalue weighted by Crippen LogP contribution is 2.36. The van der Waals surface area contributed by atoms with Crippen LogP contribution in [-0.2, 0) is 17.8 Å². The van der Waals surface area contributed by atoms with Gasteiger partial charge in [0.1, 0.15) is 11.5 Å². The van der Waals surface area contributed by atoms with E-state index in [9.17, 15) is 9.59 Å². The van der Waals surface area contributed by atoms with Crippen molar-refractivity contribution >= 4 is 52.1 Å². The zero-order valence-electron chi connectivity index (χ0n) is 30.3. The van der Waals surface area contributed by atoms with E-state index in [1.807, 2.05) is 72.4 Å². The first-order valence-electron chi connectivity index (χ1n) is 17.9. The number of nitrogens with zero attached hydrogens (tertiary/aromatic N) is 4. The maximum absolute atomic E-state index is 14.2. The molecule has 2 heterocycles. The Balaban J connectivity index is 0.00000523. The first-order valence-corrected chi connectivity index (χ1v) is 17.9. The van der Waals surface area contributed by atoms with Crippen molar-refractivity contribution in [3.05, 3.63) is 114 Å². The average molecular weight is 725 g/mol. The number of benzene rings is 4. The van der Waals surface area contributed by atoms with Crippen LogP contribution in [0.2, 0.25) is 0 Å². The topological polar surface area (TPSA) is 87.5 Å². The number of aromatic nitrogens is 1. The van der Waals surface area contributed by atoms with Crippen molar-refractivity contribution in [2.75, 3.05) is 63.3 Å². The Morgan fingerprint density at radius 2 is 1.58 bits per heavy atom. The molecule has 0 amide bonds. The molecule has 0 saturated carbocycles. The van der Waals surface area contributed by atoms with Crippen molar-refractivity contribution in [2.24, 2.45) is 0 Å². The van der Waals surface area contributed by atoms with Gasteiger partial charge in [0, 0.05) is 86.7 Å². The van der Waals surface area contributed by atoms with E-state index in [1.165, 1.54) is 5.56 Å². The first kappa shape index (κ1) is 38.2. The van der Waals surface area contributed by atoms with E-state index in [0.717, 1.165) is 85.0 Å².